The molecule has 0 aromatic heterocycles. The Balaban J connectivity index is 1.60. The first kappa shape index (κ1) is 24.5. The number of nitrogens with one attached hydrogen (secondary N) is 3. The molecule has 0 fully saturated rings. The van der Waals surface area contributed by atoms with Crippen LogP contribution in [-0.2, 0) is 4.79 Å². The van der Waals surface area contributed by atoms with E-state index in [0.717, 1.165) is 12.1 Å². The summed E-state index contributed by atoms with van der Waals surface area (Å²) < 4.78 is 0. The highest BCUT2D eigenvalue weighted by molar-refractivity contribution is 6.06. The highest BCUT2D eigenvalue weighted by Crippen LogP contribution is 2.19. The quantitative estimate of drug-likeness (QED) is 0.416. The molecular weight excluding hydrogens is 428 g/mol. The molecule has 7 nitrogen and oxygen atoms in total. The van der Waals surface area contributed by atoms with Gasteiger partial charge in [-0.3, -0.25) is 14.4 Å². The van der Waals surface area contributed by atoms with Crippen LogP contribution >= 0.6 is 0 Å². The van der Waals surface area contributed by atoms with E-state index in [2.05, 4.69) is 16.0 Å². The summed E-state index contributed by atoms with van der Waals surface area (Å²) in [5, 5.41) is 8.67. The molecule has 0 aliphatic carbocycles. The smallest absolute Gasteiger partial charge is 0.258 e. The molecule has 0 spiro atoms. The van der Waals surface area contributed by atoms with Crippen LogP contribution in [0, 0.1) is 0 Å². The maximum atomic E-state index is 13.0. The van der Waals surface area contributed by atoms with Crippen molar-refractivity contribution in [1.82, 2.24) is 5.32 Å². The topological polar surface area (TPSA) is 90.5 Å². The van der Waals surface area contributed by atoms with Crippen molar-refractivity contribution in [2.75, 3.05) is 35.2 Å². The van der Waals surface area contributed by atoms with Gasteiger partial charge in [0, 0.05) is 41.3 Å². The molecule has 7 heteroatoms. The molecule has 3 aromatic carbocycles. The molecule has 176 valence electrons. The predicted molar refractivity (Wildman–Crippen MR) is 136 cm³/mol. The van der Waals surface area contributed by atoms with Gasteiger partial charge in [0.1, 0.15) is 0 Å². The number of nitrogens with zero attached hydrogens (tertiary/aromatic N) is 1. The van der Waals surface area contributed by atoms with Crippen LogP contribution in [-0.4, -0.2) is 37.4 Å². The monoisotopic (exact) mass is 458 g/mol. The fraction of sp³-hybridized carbons (Fsp3) is 0.222. The third-order valence-corrected chi connectivity index (χ3v) is 5.14. The Bertz CT molecular complexity index is 1130. The standard InChI is InChI=1S/C27H30N4O3/c1-3-16-28-26(33)20-10-8-13-23(17-20)30-25(32)19-29-22-12-9-11-21(18-22)27(34)31(4-2)24-14-6-5-7-15-24/h5-15,17-18,29H,3-4,16,19H2,1-2H3,(H,28,33)(H,30,32). The van der Waals surface area contributed by atoms with E-state index in [-0.39, 0.29) is 24.3 Å². The first-order valence-electron chi connectivity index (χ1n) is 11.4. The SMILES string of the molecule is CCCNC(=O)c1cccc(NC(=O)CNc2cccc(C(=O)N(CC)c3ccccc3)c2)c1. The van der Waals surface area contributed by atoms with Crippen molar-refractivity contribution in [1.29, 1.82) is 0 Å². The third-order valence-electron chi connectivity index (χ3n) is 5.14. The summed E-state index contributed by atoms with van der Waals surface area (Å²) in [6.07, 6.45) is 0.851. The summed E-state index contributed by atoms with van der Waals surface area (Å²) in [5.41, 5.74) is 3.06. The third kappa shape index (κ3) is 6.68. The summed E-state index contributed by atoms with van der Waals surface area (Å²) in [5.74, 6) is -0.545. The minimum Gasteiger partial charge on any atom is -0.376 e. The van der Waals surface area contributed by atoms with Crippen LogP contribution in [0.25, 0.3) is 0 Å². The van der Waals surface area contributed by atoms with Crippen LogP contribution in [0.3, 0.4) is 0 Å². The molecule has 34 heavy (non-hydrogen) atoms. The highest BCUT2D eigenvalue weighted by Gasteiger charge is 2.16. The van der Waals surface area contributed by atoms with Crippen LogP contribution in [0.5, 0.6) is 0 Å². The molecule has 3 rings (SSSR count). The van der Waals surface area contributed by atoms with Crippen molar-refractivity contribution in [2.45, 2.75) is 20.3 Å². The van der Waals surface area contributed by atoms with Crippen LogP contribution in [0.15, 0.2) is 78.9 Å². The highest BCUT2D eigenvalue weighted by atomic mass is 16.2. The van der Waals surface area contributed by atoms with Gasteiger partial charge in [0.05, 0.1) is 6.54 Å². The molecule has 0 heterocycles. The van der Waals surface area contributed by atoms with Gasteiger partial charge in [0.2, 0.25) is 5.91 Å². The summed E-state index contributed by atoms with van der Waals surface area (Å²) >= 11 is 0. The maximum absolute atomic E-state index is 13.0. The zero-order chi connectivity index (χ0) is 24.3. The van der Waals surface area contributed by atoms with Gasteiger partial charge in [-0.2, -0.15) is 0 Å². The minimum absolute atomic E-state index is 0.0140. The molecule has 0 aliphatic heterocycles. The van der Waals surface area contributed by atoms with Crippen molar-refractivity contribution < 1.29 is 14.4 Å². The molecule has 0 bridgehead atoms. The Morgan fingerprint density at radius 2 is 1.47 bits per heavy atom. The lowest BCUT2D eigenvalue weighted by molar-refractivity contribution is -0.114. The number of hydrogen-bond acceptors (Lipinski definition) is 4. The van der Waals surface area contributed by atoms with Gasteiger partial charge in [0.25, 0.3) is 11.8 Å². The fourth-order valence-corrected chi connectivity index (χ4v) is 3.44. The second-order valence-electron chi connectivity index (χ2n) is 7.70. The number of carbonyl (C=O) groups excluding carboxylic acids is 3. The molecule has 0 saturated carbocycles. The van der Waals surface area contributed by atoms with Gasteiger partial charge in [0.15, 0.2) is 0 Å². The van der Waals surface area contributed by atoms with E-state index in [9.17, 15) is 14.4 Å². The lowest BCUT2D eigenvalue weighted by atomic mass is 10.1. The fourth-order valence-electron chi connectivity index (χ4n) is 3.44. The predicted octanol–water partition coefficient (Wildman–Crippen LogP) is 4.54. The zero-order valence-corrected chi connectivity index (χ0v) is 19.5. The van der Waals surface area contributed by atoms with Crippen molar-refractivity contribution in [3.05, 3.63) is 90.0 Å². The van der Waals surface area contributed by atoms with E-state index in [1.807, 2.05) is 50.2 Å². The van der Waals surface area contributed by atoms with Gasteiger partial charge >= 0.3 is 0 Å². The number of anilines is 3. The van der Waals surface area contributed by atoms with Crippen molar-refractivity contribution in [3.8, 4) is 0 Å². The zero-order valence-electron chi connectivity index (χ0n) is 19.5. The molecular formula is C27H30N4O3. The lowest BCUT2D eigenvalue weighted by Gasteiger charge is -2.21. The largest absolute Gasteiger partial charge is 0.376 e. The number of para-hydroxylation sites is 1. The molecule has 0 saturated heterocycles. The Morgan fingerprint density at radius 3 is 2.18 bits per heavy atom. The van der Waals surface area contributed by atoms with Crippen molar-refractivity contribution in [3.63, 3.8) is 0 Å². The summed E-state index contributed by atoms with van der Waals surface area (Å²) in [4.78, 5) is 39.3. The number of amides is 3. The van der Waals surface area contributed by atoms with E-state index in [4.69, 9.17) is 0 Å². The van der Waals surface area contributed by atoms with Gasteiger partial charge in [-0.25, -0.2) is 0 Å². The Hall–Kier alpha value is -4.13. The summed E-state index contributed by atoms with van der Waals surface area (Å²) in [6, 6.07) is 23.4. The van der Waals surface area contributed by atoms with Crippen LogP contribution in [0.1, 0.15) is 41.0 Å². The molecule has 0 radical (unpaired) electrons. The number of rotatable bonds is 10. The molecule has 0 unspecified atom stereocenters. The molecule has 3 amide bonds. The number of benzene rings is 3. The Labute approximate surface area is 200 Å². The van der Waals surface area contributed by atoms with Crippen LogP contribution in [0.2, 0.25) is 0 Å². The number of carbonyl (C=O) groups is 3. The second kappa shape index (κ2) is 12.2. The molecule has 3 N–H and O–H groups in total. The van der Waals surface area contributed by atoms with Gasteiger partial charge < -0.3 is 20.9 Å². The molecule has 0 aliphatic rings. The average Bonchev–Trinajstić information content (AvgIpc) is 2.87. The normalized spacial score (nSPS) is 10.3. The number of hydrogen-bond donors (Lipinski definition) is 3. The lowest BCUT2D eigenvalue weighted by Crippen LogP contribution is -2.30. The van der Waals surface area contributed by atoms with Gasteiger partial charge in [-0.15, -0.1) is 0 Å². The van der Waals surface area contributed by atoms with Crippen molar-refractivity contribution in [2.24, 2.45) is 0 Å². The van der Waals surface area contributed by atoms with Crippen LogP contribution in [0.4, 0.5) is 17.1 Å². The first-order valence-corrected chi connectivity index (χ1v) is 11.4. The van der Waals surface area contributed by atoms with E-state index >= 15 is 0 Å². The van der Waals surface area contributed by atoms with E-state index in [0.29, 0.717) is 35.6 Å². The first-order chi connectivity index (χ1) is 16.5. The van der Waals surface area contributed by atoms with E-state index in [1.165, 1.54) is 0 Å². The summed E-state index contributed by atoms with van der Waals surface area (Å²) in [7, 11) is 0. The minimum atomic E-state index is -0.262. The average molecular weight is 459 g/mol. The van der Waals surface area contributed by atoms with Crippen molar-refractivity contribution >= 4 is 34.8 Å². The van der Waals surface area contributed by atoms with Gasteiger partial charge in [-0.1, -0.05) is 37.3 Å². The van der Waals surface area contributed by atoms with E-state index < -0.39 is 0 Å². The maximum Gasteiger partial charge on any atom is 0.258 e. The Kier molecular flexibility index (Phi) is 8.80. The van der Waals surface area contributed by atoms with Crippen LogP contribution < -0.4 is 20.9 Å². The Morgan fingerprint density at radius 1 is 0.794 bits per heavy atom. The molecule has 3 aromatic rings. The second-order valence-corrected chi connectivity index (χ2v) is 7.70. The molecule has 0 atom stereocenters. The van der Waals surface area contributed by atoms with E-state index in [1.54, 1.807) is 47.4 Å². The van der Waals surface area contributed by atoms with Gasteiger partial charge in [-0.05, 0) is 61.9 Å². The summed E-state index contributed by atoms with van der Waals surface area (Å²) in [6.45, 7) is 5.07.